The van der Waals surface area contributed by atoms with Gasteiger partial charge in [-0.05, 0) is 10.8 Å². The number of halogens is 2. The average molecular weight is 521 g/mol. The maximum absolute atomic E-state index is 2.29. The van der Waals surface area contributed by atoms with Crippen molar-refractivity contribution in [2.24, 2.45) is 0 Å². The third kappa shape index (κ3) is 9.58. The Morgan fingerprint density at radius 2 is 0.906 bits per heavy atom. The van der Waals surface area contributed by atoms with Gasteiger partial charge in [-0.3, -0.25) is 0 Å². The second kappa shape index (κ2) is 13.2. The molecule has 0 saturated heterocycles. The summed E-state index contributed by atoms with van der Waals surface area (Å²) >= 11 is 2.27. The van der Waals surface area contributed by atoms with Crippen molar-refractivity contribution in [3.63, 3.8) is 0 Å². The van der Waals surface area contributed by atoms with Crippen LogP contribution in [0.25, 0.3) is 21.5 Å². The van der Waals surface area contributed by atoms with Crippen molar-refractivity contribution >= 4 is 52.5 Å². The maximum atomic E-state index is 2.29. The minimum absolute atomic E-state index is 0. The number of benzene rings is 2. The maximum Gasteiger partial charge on any atom is -0.147 e. The van der Waals surface area contributed by atoms with Crippen LogP contribution in [0.3, 0.4) is 0 Å². The van der Waals surface area contributed by atoms with E-state index in [2.05, 4.69) is 147 Å². The van der Waals surface area contributed by atoms with Crippen LogP contribution in [-0.2, 0) is 30.0 Å². The fourth-order valence-corrected chi connectivity index (χ4v) is 3.17. The third-order valence-corrected chi connectivity index (χ3v) is 4.97. The van der Waals surface area contributed by atoms with Gasteiger partial charge in [0.1, 0.15) is 0 Å². The topological polar surface area (TPSA) is 0 Å². The molecule has 0 aliphatic heterocycles. The van der Waals surface area contributed by atoms with E-state index in [-0.39, 0.29) is 41.8 Å². The van der Waals surface area contributed by atoms with Gasteiger partial charge in [-0.15, -0.1) is 106 Å². The van der Waals surface area contributed by atoms with Crippen molar-refractivity contribution in [1.29, 1.82) is 0 Å². The number of fused-ring (bicyclic) bond motifs is 2. The average Bonchev–Trinajstić information content (AvgIpc) is 3.25. The smallest absolute Gasteiger partial charge is 0.147 e. The molecule has 0 saturated carbocycles. The van der Waals surface area contributed by atoms with Crippen molar-refractivity contribution in [1.82, 2.24) is 0 Å². The van der Waals surface area contributed by atoms with Crippen molar-refractivity contribution < 1.29 is 19.2 Å². The number of hydrogen-bond donors (Lipinski definition) is 0. The van der Waals surface area contributed by atoms with E-state index in [1.807, 2.05) is 0 Å². The van der Waals surface area contributed by atoms with Gasteiger partial charge in [0.05, 0.1) is 0 Å². The molecule has 0 heterocycles. The van der Waals surface area contributed by atoms with Gasteiger partial charge >= 0.3 is 38.5 Å². The molecule has 0 radical (unpaired) electrons. The molecular weight excluding hydrogens is 483 g/mol. The Morgan fingerprint density at radius 3 is 1.16 bits per heavy atom. The molecule has 0 amide bonds. The Kier molecular flexibility index (Phi) is 12.8. The normalized spacial score (nSPS) is 10.8. The van der Waals surface area contributed by atoms with Crippen LogP contribution in [0.4, 0.5) is 0 Å². The summed E-state index contributed by atoms with van der Waals surface area (Å²) < 4.78 is 0. The standard InChI is InChI=1S/2C13H15.C2H6Si.2ClH.Ti/c2*1-13(2,3)12-8-10-6-4-5-7-11(10)9-12;1-3-2;;;/h2*4-9H,1-3H3;1-2H3;2*1H;/q2*-1;;;;+2. The molecule has 0 unspecified atom stereocenters. The summed E-state index contributed by atoms with van der Waals surface area (Å²) in [6.45, 7) is 18.0. The summed E-state index contributed by atoms with van der Waals surface area (Å²) in [6.07, 6.45) is 0.120. The van der Waals surface area contributed by atoms with Crippen LogP contribution in [0.5, 0.6) is 0 Å². The first kappa shape index (κ1) is 31.2. The van der Waals surface area contributed by atoms with Crippen molar-refractivity contribution in [2.45, 2.75) is 65.5 Å². The molecule has 172 valence electrons. The molecule has 0 fully saturated rings. The Hall–Kier alpha value is -0.829. The minimum atomic E-state index is 0. The van der Waals surface area contributed by atoms with E-state index in [9.17, 15) is 0 Å². The molecule has 0 nitrogen and oxygen atoms in total. The molecule has 0 spiro atoms. The zero-order valence-corrected chi connectivity index (χ0v) is 24.9. The Morgan fingerprint density at radius 1 is 0.625 bits per heavy atom. The molecule has 4 rings (SSSR count). The summed E-state index contributed by atoms with van der Waals surface area (Å²) in [4.78, 5) is 0. The van der Waals surface area contributed by atoms with Crippen LogP contribution < -0.4 is 0 Å². The van der Waals surface area contributed by atoms with E-state index in [1.165, 1.54) is 32.7 Å². The zero-order chi connectivity index (χ0) is 22.5. The van der Waals surface area contributed by atoms with Gasteiger partial charge in [0.15, 0.2) is 0 Å². The monoisotopic (exact) mass is 520 g/mol. The van der Waals surface area contributed by atoms with Crippen molar-refractivity contribution in [3.8, 4) is 0 Å². The quantitative estimate of drug-likeness (QED) is 0.160. The molecule has 0 bridgehead atoms. The summed E-state index contributed by atoms with van der Waals surface area (Å²) in [5.41, 5.74) is 3.38. The van der Waals surface area contributed by atoms with Gasteiger partial charge in [0.25, 0.3) is 0 Å². The Labute approximate surface area is 219 Å². The van der Waals surface area contributed by atoms with Crippen LogP contribution in [0.15, 0.2) is 72.8 Å². The van der Waals surface area contributed by atoms with Gasteiger partial charge in [-0.2, -0.15) is 12.1 Å². The van der Waals surface area contributed by atoms with E-state index in [1.54, 1.807) is 0 Å². The first-order valence-corrected chi connectivity index (χ1v) is 15.6. The first-order valence-electron chi connectivity index (χ1n) is 10.7. The molecule has 0 N–H and O–H groups in total. The fraction of sp³-hybridized carbons (Fsp3) is 0.357. The third-order valence-electron chi connectivity index (χ3n) is 4.97. The van der Waals surface area contributed by atoms with Gasteiger partial charge in [-0.1, -0.05) is 53.7 Å². The molecule has 4 aromatic carbocycles. The molecule has 0 aromatic heterocycles. The summed E-state index contributed by atoms with van der Waals surface area (Å²) in [5.74, 6) is 0. The molecule has 0 atom stereocenters. The van der Waals surface area contributed by atoms with Gasteiger partial charge < -0.3 is 0 Å². The summed E-state index contributed by atoms with van der Waals surface area (Å²) in [6, 6.07) is 26.2. The fourth-order valence-electron chi connectivity index (χ4n) is 3.17. The van der Waals surface area contributed by atoms with E-state index >= 15 is 0 Å². The molecule has 4 heteroatoms. The van der Waals surface area contributed by atoms with Gasteiger partial charge in [0.2, 0.25) is 0 Å². The van der Waals surface area contributed by atoms with E-state index in [4.69, 9.17) is 0 Å². The number of hydrogen-bond acceptors (Lipinski definition) is 0. The molecule has 4 aromatic rings. The first-order chi connectivity index (χ1) is 13.9. The predicted octanol–water partition coefficient (Wildman–Crippen LogP) is 9.34. The predicted molar refractivity (Wildman–Crippen MR) is 148 cm³/mol. The van der Waals surface area contributed by atoms with Crippen LogP contribution >= 0.6 is 24.8 Å². The summed E-state index contributed by atoms with van der Waals surface area (Å²) in [7, 11) is 0. The van der Waals surface area contributed by atoms with Crippen LogP contribution in [0.1, 0.15) is 52.7 Å². The molecule has 32 heavy (non-hydrogen) atoms. The van der Waals surface area contributed by atoms with Crippen molar-refractivity contribution in [3.05, 3.63) is 83.9 Å². The molecule has 0 aliphatic rings. The van der Waals surface area contributed by atoms with Crippen molar-refractivity contribution in [2.75, 3.05) is 0 Å². The van der Waals surface area contributed by atoms with Gasteiger partial charge in [0, 0.05) is 0 Å². The zero-order valence-electron chi connectivity index (χ0n) is 20.7. The largest absolute Gasteiger partial charge is 0.147 e. The van der Waals surface area contributed by atoms with E-state index < -0.39 is 0 Å². The minimum Gasteiger partial charge on any atom is -0.147 e. The second-order valence-corrected chi connectivity index (χ2v) is 16.9. The Bertz CT molecular complexity index is 954. The SMILES string of the molecule is CC(C)(C)c1cc2ccccc2[cH-]1.CC(C)(C)c1cc2ccccc2[cH-]1.C[Si](C)=[Ti+2].Cl.Cl. The summed E-state index contributed by atoms with van der Waals surface area (Å²) in [5, 5.41) is 5.42. The van der Waals surface area contributed by atoms with Crippen LogP contribution in [0, 0.1) is 0 Å². The molecule has 0 aliphatic carbocycles. The van der Waals surface area contributed by atoms with E-state index in [0.717, 1.165) is 0 Å². The van der Waals surface area contributed by atoms with Crippen LogP contribution in [0.2, 0.25) is 13.1 Å². The number of rotatable bonds is 0. The van der Waals surface area contributed by atoms with Gasteiger partial charge in [-0.25, -0.2) is 0 Å². The molecular formula is C28H38Cl2SiTi. The second-order valence-electron chi connectivity index (χ2n) is 10.2. The van der Waals surface area contributed by atoms with Crippen LogP contribution in [-0.4, -0.2) is 6.19 Å². The Balaban J connectivity index is 0.000000490. The van der Waals surface area contributed by atoms with E-state index in [0.29, 0.717) is 0 Å².